The molecule has 0 radical (unpaired) electrons. The molecule has 1 saturated heterocycles. The predicted octanol–water partition coefficient (Wildman–Crippen LogP) is 2.21. The highest BCUT2D eigenvalue weighted by Gasteiger charge is 2.26. The van der Waals surface area contributed by atoms with Crippen LogP contribution in [0.5, 0.6) is 0 Å². The highest BCUT2D eigenvalue weighted by Crippen LogP contribution is 2.13. The molecule has 7 nitrogen and oxygen atoms in total. The third-order valence-electron chi connectivity index (χ3n) is 3.27. The lowest BCUT2D eigenvalue weighted by atomic mass is 10.2. The van der Waals surface area contributed by atoms with Crippen LogP contribution in [0.3, 0.4) is 0 Å². The van der Waals surface area contributed by atoms with Gasteiger partial charge in [-0.05, 0) is 27.2 Å². The van der Waals surface area contributed by atoms with Gasteiger partial charge in [0.2, 0.25) is 0 Å². The van der Waals surface area contributed by atoms with Gasteiger partial charge in [-0.15, -0.1) is 0 Å². The summed E-state index contributed by atoms with van der Waals surface area (Å²) in [7, 11) is 0. The molecule has 0 spiro atoms. The number of carbonyl (C=O) groups is 2. The minimum absolute atomic E-state index is 0.208. The second-order valence-electron chi connectivity index (χ2n) is 6.34. The van der Waals surface area contributed by atoms with Gasteiger partial charge in [0, 0.05) is 26.2 Å². The van der Waals surface area contributed by atoms with Crippen molar-refractivity contribution in [3.05, 3.63) is 23.2 Å². The molecule has 2 amide bonds. The molecule has 126 valence electrons. The number of amides is 2. The fourth-order valence-electron chi connectivity index (χ4n) is 2.21. The molecule has 23 heavy (non-hydrogen) atoms. The lowest BCUT2D eigenvalue weighted by Crippen LogP contribution is -2.40. The van der Waals surface area contributed by atoms with Crippen molar-refractivity contribution in [2.75, 3.05) is 26.2 Å². The molecule has 0 saturated carbocycles. The summed E-state index contributed by atoms with van der Waals surface area (Å²) in [4.78, 5) is 35.7. The summed E-state index contributed by atoms with van der Waals surface area (Å²) in [6.07, 6.45) is 3.05. The first-order valence-corrected chi connectivity index (χ1v) is 7.89. The van der Waals surface area contributed by atoms with Crippen LogP contribution in [0.25, 0.3) is 0 Å². The summed E-state index contributed by atoms with van der Waals surface area (Å²) in [6, 6.07) is 0. The Hall–Kier alpha value is -1.89. The summed E-state index contributed by atoms with van der Waals surface area (Å²) < 4.78 is 5.37. The zero-order valence-corrected chi connectivity index (χ0v) is 14.3. The number of rotatable bonds is 1. The third kappa shape index (κ3) is 5.06. The monoisotopic (exact) mass is 340 g/mol. The molecule has 0 atom stereocenters. The van der Waals surface area contributed by atoms with E-state index in [-0.39, 0.29) is 22.8 Å². The summed E-state index contributed by atoms with van der Waals surface area (Å²) in [5.41, 5.74) is -0.280. The molecule has 8 heteroatoms. The van der Waals surface area contributed by atoms with E-state index < -0.39 is 5.60 Å². The van der Waals surface area contributed by atoms with Gasteiger partial charge < -0.3 is 14.5 Å². The van der Waals surface area contributed by atoms with E-state index in [1.165, 1.54) is 12.4 Å². The Bertz CT molecular complexity index is 571. The van der Waals surface area contributed by atoms with Crippen LogP contribution in [0.4, 0.5) is 4.79 Å². The maximum atomic E-state index is 12.4. The lowest BCUT2D eigenvalue weighted by Gasteiger charge is -2.26. The molecule has 1 aromatic heterocycles. The van der Waals surface area contributed by atoms with Gasteiger partial charge in [0.25, 0.3) is 5.91 Å². The van der Waals surface area contributed by atoms with Crippen LogP contribution in [0, 0.1) is 0 Å². The first kappa shape index (κ1) is 17.5. The van der Waals surface area contributed by atoms with E-state index in [4.69, 9.17) is 16.3 Å². The maximum Gasteiger partial charge on any atom is 0.410 e. The number of hydrogen-bond acceptors (Lipinski definition) is 5. The first-order chi connectivity index (χ1) is 10.8. The van der Waals surface area contributed by atoms with Gasteiger partial charge in [-0.1, -0.05) is 11.6 Å². The van der Waals surface area contributed by atoms with Gasteiger partial charge in [-0.2, -0.15) is 0 Å². The van der Waals surface area contributed by atoms with E-state index in [0.29, 0.717) is 32.6 Å². The Morgan fingerprint density at radius 2 is 1.74 bits per heavy atom. The number of halogens is 1. The van der Waals surface area contributed by atoms with Gasteiger partial charge in [0.15, 0.2) is 0 Å². The molecule has 1 fully saturated rings. The van der Waals surface area contributed by atoms with Crippen LogP contribution < -0.4 is 0 Å². The van der Waals surface area contributed by atoms with Crippen molar-refractivity contribution in [2.45, 2.75) is 32.8 Å². The number of nitrogens with zero attached hydrogens (tertiary/aromatic N) is 4. The van der Waals surface area contributed by atoms with Crippen LogP contribution in [-0.4, -0.2) is 63.5 Å². The van der Waals surface area contributed by atoms with E-state index in [0.717, 1.165) is 0 Å². The SMILES string of the molecule is CC(C)(C)OC(=O)N1CCCN(C(=O)c2cnc(Cl)cn2)CC1. The van der Waals surface area contributed by atoms with Crippen molar-refractivity contribution in [1.29, 1.82) is 0 Å². The minimum Gasteiger partial charge on any atom is -0.444 e. The van der Waals surface area contributed by atoms with Crippen molar-refractivity contribution < 1.29 is 14.3 Å². The number of hydrogen-bond donors (Lipinski definition) is 0. The number of aromatic nitrogens is 2. The second-order valence-corrected chi connectivity index (χ2v) is 6.72. The molecule has 2 rings (SSSR count). The third-order valence-corrected chi connectivity index (χ3v) is 3.47. The number of carbonyl (C=O) groups excluding carboxylic acids is 2. The molecule has 1 aromatic rings. The Morgan fingerprint density at radius 3 is 2.35 bits per heavy atom. The van der Waals surface area contributed by atoms with Gasteiger partial charge in [0.1, 0.15) is 16.4 Å². The van der Waals surface area contributed by atoms with Crippen LogP contribution in [0.15, 0.2) is 12.4 Å². The van der Waals surface area contributed by atoms with E-state index >= 15 is 0 Å². The van der Waals surface area contributed by atoms with Crippen LogP contribution >= 0.6 is 11.6 Å². The molecule has 1 aliphatic rings. The molecular formula is C15H21ClN4O3. The highest BCUT2D eigenvalue weighted by atomic mass is 35.5. The van der Waals surface area contributed by atoms with Crippen molar-refractivity contribution in [3.8, 4) is 0 Å². The highest BCUT2D eigenvalue weighted by molar-refractivity contribution is 6.29. The molecule has 0 unspecified atom stereocenters. The average molecular weight is 341 g/mol. The molecule has 2 heterocycles. The smallest absolute Gasteiger partial charge is 0.410 e. The Labute approximate surface area is 140 Å². The summed E-state index contributed by atoms with van der Waals surface area (Å²) >= 11 is 5.68. The van der Waals surface area contributed by atoms with Crippen molar-refractivity contribution >= 4 is 23.6 Å². The quantitative estimate of drug-likeness (QED) is 0.783. The van der Waals surface area contributed by atoms with Gasteiger partial charge >= 0.3 is 6.09 Å². The number of ether oxygens (including phenoxy) is 1. The molecule has 0 aliphatic carbocycles. The van der Waals surface area contributed by atoms with Crippen LogP contribution in [0.2, 0.25) is 5.15 Å². The Kier molecular flexibility index (Phi) is 5.41. The zero-order valence-electron chi connectivity index (χ0n) is 13.6. The fourth-order valence-corrected chi connectivity index (χ4v) is 2.31. The van der Waals surface area contributed by atoms with Crippen LogP contribution in [0.1, 0.15) is 37.7 Å². The fraction of sp³-hybridized carbons (Fsp3) is 0.600. The summed E-state index contributed by atoms with van der Waals surface area (Å²) in [6.45, 7) is 7.48. The summed E-state index contributed by atoms with van der Waals surface area (Å²) in [5.74, 6) is -0.208. The van der Waals surface area contributed by atoms with Gasteiger partial charge in [-0.25, -0.2) is 14.8 Å². The van der Waals surface area contributed by atoms with Gasteiger partial charge in [-0.3, -0.25) is 4.79 Å². The van der Waals surface area contributed by atoms with E-state index in [9.17, 15) is 9.59 Å². The normalized spacial score (nSPS) is 16.0. The van der Waals surface area contributed by atoms with E-state index in [1.54, 1.807) is 9.80 Å². The van der Waals surface area contributed by atoms with Crippen molar-refractivity contribution in [1.82, 2.24) is 19.8 Å². The lowest BCUT2D eigenvalue weighted by molar-refractivity contribution is 0.0255. The topological polar surface area (TPSA) is 75.6 Å². The maximum absolute atomic E-state index is 12.4. The van der Waals surface area contributed by atoms with Crippen LogP contribution in [-0.2, 0) is 4.74 Å². The Morgan fingerprint density at radius 1 is 1.09 bits per heavy atom. The zero-order chi connectivity index (χ0) is 17.0. The van der Waals surface area contributed by atoms with Crippen molar-refractivity contribution in [2.24, 2.45) is 0 Å². The molecular weight excluding hydrogens is 320 g/mol. The standard InChI is InChI=1S/C15H21ClN4O3/c1-15(2,3)23-14(22)20-6-4-5-19(7-8-20)13(21)11-9-18-12(16)10-17-11/h9-10H,4-8H2,1-3H3. The largest absolute Gasteiger partial charge is 0.444 e. The first-order valence-electron chi connectivity index (χ1n) is 7.51. The molecule has 0 bridgehead atoms. The second kappa shape index (κ2) is 7.12. The molecule has 0 aromatic carbocycles. The van der Waals surface area contributed by atoms with E-state index in [2.05, 4.69) is 9.97 Å². The van der Waals surface area contributed by atoms with Crippen molar-refractivity contribution in [3.63, 3.8) is 0 Å². The van der Waals surface area contributed by atoms with E-state index in [1.807, 2.05) is 20.8 Å². The summed E-state index contributed by atoms with van der Waals surface area (Å²) in [5, 5.41) is 0.244. The average Bonchev–Trinajstić information content (AvgIpc) is 2.71. The minimum atomic E-state index is -0.530. The molecule has 1 aliphatic heterocycles. The van der Waals surface area contributed by atoms with Gasteiger partial charge in [0.05, 0.1) is 12.4 Å². The predicted molar refractivity (Wildman–Crippen MR) is 85.4 cm³/mol. The Balaban J connectivity index is 1.97. The molecule has 0 N–H and O–H groups in total.